The minimum atomic E-state index is -0.306. The molecule has 1 heterocycles. The molecule has 1 unspecified atom stereocenters. The SMILES string of the molecule is Cc1cc(C)c(C(NN)C(C)(C)N2CCOCC2)c(F)c1. The Kier molecular flexibility index (Phi) is 4.99. The molecule has 0 spiro atoms. The molecule has 0 aromatic heterocycles. The fourth-order valence-corrected chi connectivity index (χ4v) is 3.26. The van der Waals surface area contributed by atoms with E-state index in [0.29, 0.717) is 18.8 Å². The predicted molar refractivity (Wildman–Crippen MR) is 82.4 cm³/mol. The molecule has 118 valence electrons. The lowest BCUT2D eigenvalue weighted by molar-refractivity contribution is -0.0243. The van der Waals surface area contributed by atoms with Crippen molar-refractivity contribution < 1.29 is 9.13 Å². The van der Waals surface area contributed by atoms with Crippen LogP contribution in [0.4, 0.5) is 4.39 Å². The maximum Gasteiger partial charge on any atom is 0.128 e. The number of rotatable bonds is 4. The van der Waals surface area contributed by atoms with Crippen LogP contribution in [-0.2, 0) is 4.74 Å². The van der Waals surface area contributed by atoms with Crippen molar-refractivity contribution in [2.24, 2.45) is 5.84 Å². The van der Waals surface area contributed by atoms with Crippen molar-refractivity contribution in [3.63, 3.8) is 0 Å². The summed E-state index contributed by atoms with van der Waals surface area (Å²) in [6.45, 7) is 11.1. The molecule has 2 rings (SSSR count). The third-order valence-electron chi connectivity index (χ3n) is 4.47. The summed E-state index contributed by atoms with van der Waals surface area (Å²) in [4.78, 5) is 2.31. The largest absolute Gasteiger partial charge is 0.379 e. The van der Waals surface area contributed by atoms with Gasteiger partial charge in [0.2, 0.25) is 0 Å². The molecule has 0 amide bonds. The molecule has 21 heavy (non-hydrogen) atoms. The Bertz CT molecular complexity index is 475. The van der Waals surface area contributed by atoms with Crippen LogP contribution in [0.5, 0.6) is 0 Å². The summed E-state index contributed by atoms with van der Waals surface area (Å²) in [6, 6.07) is 3.29. The minimum absolute atomic E-state index is 0.197. The van der Waals surface area contributed by atoms with Crippen molar-refractivity contribution in [2.45, 2.75) is 39.3 Å². The van der Waals surface area contributed by atoms with Crippen LogP contribution >= 0.6 is 0 Å². The van der Waals surface area contributed by atoms with Gasteiger partial charge in [-0.2, -0.15) is 0 Å². The van der Waals surface area contributed by atoms with E-state index >= 15 is 0 Å². The van der Waals surface area contributed by atoms with Crippen LogP contribution < -0.4 is 11.3 Å². The quantitative estimate of drug-likeness (QED) is 0.659. The smallest absolute Gasteiger partial charge is 0.128 e. The highest BCUT2D eigenvalue weighted by atomic mass is 19.1. The first-order chi connectivity index (χ1) is 9.87. The summed E-state index contributed by atoms with van der Waals surface area (Å²) in [5.41, 5.74) is 5.03. The molecular weight excluding hydrogens is 269 g/mol. The normalized spacial score (nSPS) is 18.8. The molecule has 1 aliphatic rings. The van der Waals surface area contributed by atoms with Gasteiger partial charge in [-0.05, 0) is 44.9 Å². The van der Waals surface area contributed by atoms with Gasteiger partial charge in [0.05, 0.1) is 19.3 Å². The van der Waals surface area contributed by atoms with E-state index in [0.717, 1.165) is 24.2 Å². The molecule has 1 aromatic carbocycles. The Morgan fingerprint density at radius 2 is 1.90 bits per heavy atom. The first-order valence-electron chi connectivity index (χ1n) is 7.43. The molecule has 1 aliphatic heterocycles. The Morgan fingerprint density at radius 3 is 2.43 bits per heavy atom. The van der Waals surface area contributed by atoms with Crippen LogP contribution in [0.2, 0.25) is 0 Å². The summed E-state index contributed by atoms with van der Waals surface area (Å²) in [5, 5.41) is 0. The van der Waals surface area contributed by atoms with Crippen molar-refractivity contribution in [3.05, 3.63) is 34.6 Å². The molecule has 1 fully saturated rings. The van der Waals surface area contributed by atoms with Crippen molar-refractivity contribution in [2.75, 3.05) is 26.3 Å². The van der Waals surface area contributed by atoms with Gasteiger partial charge in [-0.15, -0.1) is 0 Å². The monoisotopic (exact) mass is 295 g/mol. The average molecular weight is 295 g/mol. The summed E-state index contributed by atoms with van der Waals surface area (Å²) < 4.78 is 19.9. The number of nitrogens with zero attached hydrogens (tertiary/aromatic N) is 1. The van der Waals surface area contributed by atoms with Gasteiger partial charge in [0.15, 0.2) is 0 Å². The van der Waals surface area contributed by atoms with Crippen molar-refractivity contribution in [1.82, 2.24) is 10.3 Å². The molecule has 1 aromatic rings. The first-order valence-corrected chi connectivity index (χ1v) is 7.43. The number of ether oxygens (including phenoxy) is 1. The van der Waals surface area contributed by atoms with E-state index < -0.39 is 0 Å². The summed E-state index contributed by atoms with van der Waals surface area (Å²) >= 11 is 0. The zero-order valence-electron chi connectivity index (χ0n) is 13.4. The second-order valence-corrected chi connectivity index (χ2v) is 6.33. The molecule has 0 saturated carbocycles. The van der Waals surface area contributed by atoms with E-state index in [1.54, 1.807) is 6.07 Å². The predicted octanol–water partition coefficient (Wildman–Crippen LogP) is 2.06. The van der Waals surface area contributed by atoms with E-state index in [-0.39, 0.29) is 17.4 Å². The van der Waals surface area contributed by atoms with Gasteiger partial charge in [0.25, 0.3) is 0 Å². The summed E-state index contributed by atoms with van der Waals surface area (Å²) in [6.07, 6.45) is 0. The number of hydrogen-bond donors (Lipinski definition) is 2. The summed E-state index contributed by atoms with van der Waals surface area (Å²) in [7, 11) is 0. The Labute approximate surface area is 126 Å². The fourth-order valence-electron chi connectivity index (χ4n) is 3.26. The first kappa shape index (κ1) is 16.4. The molecule has 1 atom stereocenters. The Hall–Kier alpha value is -1.01. The van der Waals surface area contributed by atoms with Gasteiger partial charge < -0.3 is 4.74 Å². The lowest BCUT2D eigenvalue weighted by atomic mass is 9.84. The number of nitrogens with two attached hydrogens (primary N) is 1. The Morgan fingerprint density at radius 1 is 1.29 bits per heavy atom. The van der Waals surface area contributed by atoms with E-state index in [1.165, 1.54) is 0 Å². The van der Waals surface area contributed by atoms with Crippen LogP contribution in [0.15, 0.2) is 12.1 Å². The summed E-state index contributed by atoms with van der Waals surface area (Å²) in [5.74, 6) is 5.60. The van der Waals surface area contributed by atoms with Crippen molar-refractivity contribution in [1.29, 1.82) is 0 Å². The third kappa shape index (κ3) is 3.26. The Balaban J connectivity index is 2.38. The number of aryl methyl sites for hydroxylation is 2. The van der Waals surface area contributed by atoms with Crippen LogP contribution in [0.25, 0.3) is 0 Å². The van der Waals surface area contributed by atoms with E-state index in [9.17, 15) is 4.39 Å². The highest BCUT2D eigenvalue weighted by molar-refractivity contribution is 5.36. The van der Waals surface area contributed by atoms with Gasteiger partial charge in [-0.1, -0.05) is 6.07 Å². The molecule has 0 radical (unpaired) electrons. The maximum atomic E-state index is 14.5. The molecule has 3 N–H and O–H groups in total. The second-order valence-electron chi connectivity index (χ2n) is 6.33. The van der Waals surface area contributed by atoms with Crippen LogP contribution in [0.1, 0.15) is 36.6 Å². The van der Waals surface area contributed by atoms with E-state index in [4.69, 9.17) is 10.6 Å². The van der Waals surface area contributed by atoms with E-state index in [1.807, 2.05) is 19.9 Å². The number of nitrogens with one attached hydrogen (secondary N) is 1. The maximum absolute atomic E-state index is 14.5. The lowest BCUT2D eigenvalue weighted by Gasteiger charge is -2.46. The average Bonchev–Trinajstić information content (AvgIpc) is 2.43. The molecule has 5 heteroatoms. The zero-order chi connectivity index (χ0) is 15.6. The fraction of sp³-hybridized carbons (Fsp3) is 0.625. The molecule has 0 bridgehead atoms. The molecular formula is C16H26FN3O. The number of hydrazine groups is 1. The number of morpholine rings is 1. The number of hydrogen-bond acceptors (Lipinski definition) is 4. The van der Waals surface area contributed by atoms with Crippen molar-refractivity contribution in [3.8, 4) is 0 Å². The van der Waals surface area contributed by atoms with Gasteiger partial charge in [-0.3, -0.25) is 16.2 Å². The lowest BCUT2D eigenvalue weighted by Crippen LogP contribution is -2.57. The zero-order valence-corrected chi connectivity index (χ0v) is 13.4. The van der Waals surface area contributed by atoms with Crippen molar-refractivity contribution >= 4 is 0 Å². The number of halogens is 1. The van der Waals surface area contributed by atoms with Crippen LogP contribution in [0.3, 0.4) is 0 Å². The second kappa shape index (κ2) is 6.40. The standard InChI is InChI=1S/C16H26FN3O/c1-11-9-12(2)14(13(17)10-11)15(19-18)16(3,4)20-5-7-21-8-6-20/h9-10,15,19H,5-8,18H2,1-4H3. The molecule has 4 nitrogen and oxygen atoms in total. The van der Waals surface area contributed by atoms with Crippen LogP contribution in [-0.4, -0.2) is 36.7 Å². The molecule has 0 aliphatic carbocycles. The minimum Gasteiger partial charge on any atom is -0.379 e. The van der Waals surface area contributed by atoms with E-state index in [2.05, 4.69) is 24.2 Å². The third-order valence-corrected chi connectivity index (χ3v) is 4.47. The highest BCUT2D eigenvalue weighted by Crippen LogP contribution is 2.34. The van der Waals surface area contributed by atoms with Crippen LogP contribution in [0, 0.1) is 19.7 Å². The molecule has 1 saturated heterocycles. The van der Waals surface area contributed by atoms with Gasteiger partial charge >= 0.3 is 0 Å². The number of benzene rings is 1. The van der Waals surface area contributed by atoms with Gasteiger partial charge in [0, 0.05) is 24.2 Å². The topological polar surface area (TPSA) is 50.5 Å². The van der Waals surface area contributed by atoms with Gasteiger partial charge in [-0.25, -0.2) is 4.39 Å². The highest BCUT2D eigenvalue weighted by Gasteiger charge is 2.38. The van der Waals surface area contributed by atoms with Gasteiger partial charge in [0.1, 0.15) is 5.82 Å².